The minimum atomic E-state index is -0.236. The molecule has 1 fully saturated rings. The molecule has 1 aromatic heterocycles. The topological polar surface area (TPSA) is 53.1 Å². The molecule has 1 heterocycles. The van der Waals surface area contributed by atoms with E-state index in [-0.39, 0.29) is 11.2 Å². The average molecular weight is 179 g/mol. The highest BCUT2D eigenvalue weighted by atomic mass is 16.3. The zero-order valence-electron chi connectivity index (χ0n) is 7.63. The molecule has 0 spiro atoms. The van der Waals surface area contributed by atoms with Crippen LogP contribution < -0.4 is 5.43 Å². The van der Waals surface area contributed by atoms with Crippen molar-refractivity contribution in [3.8, 4) is 5.75 Å². The van der Waals surface area contributed by atoms with Gasteiger partial charge in [0.1, 0.15) is 0 Å². The molecule has 2 rings (SSSR count). The summed E-state index contributed by atoms with van der Waals surface area (Å²) in [6.07, 6.45) is 4.94. The zero-order valence-corrected chi connectivity index (χ0v) is 7.63. The van der Waals surface area contributed by atoms with Crippen LogP contribution in [0.4, 0.5) is 0 Å². The molecule has 13 heavy (non-hydrogen) atoms. The molecule has 0 aromatic carbocycles. The molecular formula is C10H13NO2. The van der Waals surface area contributed by atoms with Crippen LogP contribution >= 0.6 is 0 Å². The van der Waals surface area contributed by atoms with E-state index in [2.05, 4.69) is 4.98 Å². The molecule has 70 valence electrons. The Kier molecular flexibility index (Phi) is 1.87. The van der Waals surface area contributed by atoms with E-state index in [9.17, 15) is 4.79 Å². The maximum absolute atomic E-state index is 11.4. The van der Waals surface area contributed by atoms with Crippen LogP contribution in [0.1, 0.15) is 36.4 Å². The lowest BCUT2D eigenvalue weighted by Gasteiger charge is -2.26. The van der Waals surface area contributed by atoms with Crippen LogP contribution in [0.3, 0.4) is 0 Å². The Labute approximate surface area is 76.4 Å². The fourth-order valence-corrected chi connectivity index (χ4v) is 1.76. The number of aromatic hydroxyl groups is 1. The van der Waals surface area contributed by atoms with Crippen molar-refractivity contribution in [1.82, 2.24) is 4.98 Å². The van der Waals surface area contributed by atoms with Crippen molar-refractivity contribution >= 4 is 0 Å². The van der Waals surface area contributed by atoms with Crippen LogP contribution in [0.2, 0.25) is 0 Å². The summed E-state index contributed by atoms with van der Waals surface area (Å²) in [6.45, 7) is 1.77. The largest absolute Gasteiger partial charge is 0.503 e. The van der Waals surface area contributed by atoms with E-state index >= 15 is 0 Å². The molecule has 1 aliphatic carbocycles. The molecule has 3 nitrogen and oxygen atoms in total. The minimum absolute atomic E-state index is 0.180. The smallest absolute Gasteiger partial charge is 0.226 e. The zero-order chi connectivity index (χ0) is 9.42. The third-order valence-electron chi connectivity index (χ3n) is 2.86. The van der Waals surface area contributed by atoms with E-state index in [0.717, 1.165) is 18.5 Å². The number of rotatable bonds is 1. The van der Waals surface area contributed by atoms with Gasteiger partial charge in [0, 0.05) is 17.5 Å². The van der Waals surface area contributed by atoms with Gasteiger partial charge in [-0.25, -0.2) is 0 Å². The van der Waals surface area contributed by atoms with Gasteiger partial charge in [0.05, 0.1) is 0 Å². The first-order valence-corrected chi connectivity index (χ1v) is 4.61. The molecule has 0 atom stereocenters. The lowest BCUT2D eigenvalue weighted by Crippen LogP contribution is -2.17. The molecule has 0 amide bonds. The van der Waals surface area contributed by atoms with Crippen LogP contribution in [-0.4, -0.2) is 10.1 Å². The molecular weight excluding hydrogens is 166 g/mol. The Morgan fingerprint density at radius 1 is 1.54 bits per heavy atom. The summed E-state index contributed by atoms with van der Waals surface area (Å²) in [6, 6.07) is 0. The first kappa shape index (κ1) is 8.35. The van der Waals surface area contributed by atoms with Crippen molar-refractivity contribution in [3.05, 3.63) is 27.7 Å². The molecule has 1 aliphatic rings. The summed E-state index contributed by atoms with van der Waals surface area (Å²) >= 11 is 0. The summed E-state index contributed by atoms with van der Waals surface area (Å²) in [5, 5.41) is 9.15. The molecule has 2 N–H and O–H groups in total. The van der Waals surface area contributed by atoms with Crippen LogP contribution in [0.25, 0.3) is 0 Å². The molecule has 0 radical (unpaired) electrons. The Morgan fingerprint density at radius 3 is 2.77 bits per heavy atom. The normalized spacial score (nSPS) is 17.0. The van der Waals surface area contributed by atoms with Gasteiger partial charge in [0.2, 0.25) is 5.43 Å². The van der Waals surface area contributed by atoms with Crippen molar-refractivity contribution in [2.45, 2.75) is 32.1 Å². The quantitative estimate of drug-likeness (QED) is 0.688. The van der Waals surface area contributed by atoms with Gasteiger partial charge in [-0.3, -0.25) is 4.79 Å². The molecule has 1 aromatic rings. The first-order chi connectivity index (χ1) is 6.20. The van der Waals surface area contributed by atoms with Crippen LogP contribution in [-0.2, 0) is 0 Å². The Hall–Kier alpha value is -1.25. The Bertz CT molecular complexity index is 377. The van der Waals surface area contributed by atoms with E-state index in [4.69, 9.17) is 5.11 Å². The lowest BCUT2D eigenvalue weighted by atomic mass is 9.81. The highest BCUT2D eigenvalue weighted by Gasteiger charge is 2.23. The maximum Gasteiger partial charge on any atom is 0.226 e. The number of aromatic amines is 1. The van der Waals surface area contributed by atoms with Gasteiger partial charge < -0.3 is 10.1 Å². The van der Waals surface area contributed by atoms with Crippen LogP contribution in [0, 0.1) is 6.92 Å². The highest BCUT2D eigenvalue weighted by molar-refractivity contribution is 5.30. The van der Waals surface area contributed by atoms with Gasteiger partial charge >= 0.3 is 0 Å². The first-order valence-electron chi connectivity index (χ1n) is 4.61. The second-order valence-corrected chi connectivity index (χ2v) is 3.67. The monoisotopic (exact) mass is 179 g/mol. The summed E-state index contributed by atoms with van der Waals surface area (Å²) < 4.78 is 0. The number of nitrogens with one attached hydrogen (secondary N) is 1. The Balaban J connectivity index is 2.47. The molecule has 0 aliphatic heterocycles. The third kappa shape index (κ3) is 1.24. The maximum atomic E-state index is 11.4. The van der Waals surface area contributed by atoms with Gasteiger partial charge in [-0.15, -0.1) is 0 Å². The van der Waals surface area contributed by atoms with E-state index in [1.807, 2.05) is 0 Å². The van der Waals surface area contributed by atoms with E-state index in [0.29, 0.717) is 11.5 Å². The summed E-state index contributed by atoms with van der Waals surface area (Å²) in [4.78, 5) is 14.4. The van der Waals surface area contributed by atoms with Gasteiger partial charge in [0.15, 0.2) is 5.75 Å². The van der Waals surface area contributed by atoms with Crippen LogP contribution in [0.15, 0.2) is 11.0 Å². The standard InChI is InChI=1S/C10H13NO2/c1-6-9(7-3-2-4-7)11-5-8(12)10(6)13/h5,7,12H,2-4H2,1H3,(H,11,13). The van der Waals surface area contributed by atoms with Crippen molar-refractivity contribution in [2.24, 2.45) is 0 Å². The molecule has 0 unspecified atom stereocenters. The SMILES string of the molecule is Cc1c(C2CCC2)[nH]cc(O)c1=O. The molecule has 0 saturated heterocycles. The van der Waals surface area contributed by atoms with Crippen molar-refractivity contribution in [2.75, 3.05) is 0 Å². The number of hydrogen-bond donors (Lipinski definition) is 2. The van der Waals surface area contributed by atoms with Crippen LogP contribution in [0.5, 0.6) is 5.75 Å². The molecule has 3 heteroatoms. The lowest BCUT2D eigenvalue weighted by molar-refractivity contribution is 0.405. The fourth-order valence-electron chi connectivity index (χ4n) is 1.76. The highest BCUT2D eigenvalue weighted by Crippen LogP contribution is 2.36. The van der Waals surface area contributed by atoms with E-state index < -0.39 is 0 Å². The third-order valence-corrected chi connectivity index (χ3v) is 2.86. The summed E-state index contributed by atoms with van der Waals surface area (Å²) in [5.74, 6) is 0.328. The predicted octanol–water partition coefficient (Wildman–Crippen LogP) is 1.66. The Morgan fingerprint density at radius 2 is 2.23 bits per heavy atom. The number of pyridine rings is 1. The van der Waals surface area contributed by atoms with Gasteiger partial charge in [0.25, 0.3) is 0 Å². The number of hydrogen-bond acceptors (Lipinski definition) is 2. The van der Waals surface area contributed by atoms with E-state index in [1.54, 1.807) is 6.92 Å². The number of aromatic nitrogens is 1. The van der Waals surface area contributed by atoms with E-state index in [1.165, 1.54) is 12.6 Å². The summed E-state index contributed by atoms with van der Waals surface area (Å²) in [5.41, 5.74) is 1.44. The summed E-state index contributed by atoms with van der Waals surface area (Å²) in [7, 11) is 0. The predicted molar refractivity (Wildman–Crippen MR) is 50.1 cm³/mol. The minimum Gasteiger partial charge on any atom is -0.503 e. The number of H-pyrrole nitrogens is 1. The van der Waals surface area contributed by atoms with Gasteiger partial charge in [-0.05, 0) is 25.7 Å². The average Bonchev–Trinajstić information content (AvgIpc) is 2.03. The van der Waals surface area contributed by atoms with Crippen molar-refractivity contribution < 1.29 is 5.11 Å². The second-order valence-electron chi connectivity index (χ2n) is 3.67. The fraction of sp³-hybridized carbons (Fsp3) is 0.500. The van der Waals surface area contributed by atoms with Crippen molar-refractivity contribution in [3.63, 3.8) is 0 Å². The van der Waals surface area contributed by atoms with Gasteiger partial charge in [-0.2, -0.15) is 0 Å². The van der Waals surface area contributed by atoms with Crippen molar-refractivity contribution in [1.29, 1.82) is 0 Å². The second kappa shape index (κ2) is 2.91. The molecule has 1 saturated carbocycles. The van der Waals surface area contributed by atoms with Gasteiger partial charge in [-0.1, -0.05) is 6.42 Å². The molecule has 0 bridgehead atoms.